The van der Waals surface area contributed by atoms with Gasteiger partial charge in [-0.3, -0.25) is 0 Å². The Morgan fingerprint density at radius 1 is 1.03 bits per heavy atom. The van der Waals surface area contributed by atoms with Crippen LogP contribution in [0, 0.1) is 5.82 Å². The number of piperidine rings is 1. The average molecular weight is 483 g/mol. The largest absolute Gasteiger partial charge is 0.317 e. The summed E-state index contributed by atoms with van der Waals surface area (Å²) < 4.78 is 40.0. The zero-order valence-corrected chi connectivity index (χ0v) is 20.3. The predicted octanol–water partition coefficient (Wildman–Crippen LogP) is 3.97. The lowest BCUT2D eigenvalue weighted by Crippen LogP contribution is -2.45. The van der Waals surface area contributed by atoms with Crippen LogP contribution in [0.3, 0.4) is 0 Å². The van der Waals surface area contributed by atoms with Crippen LogP contribution in [-0.2, 0) is 29.4 Å². The Labute approximate surface area is 201 Å². The SMILES string of the molecule is CS(=O)(=O)N(Cc1cccc(-c2ccnc(CCCc3cccc(F)c3)n2)c1)C1CCNCC1. The van der Waals surface area contributed by atoms with Crippen molar-refractivity contribution in [1.82, 2.24) is 19.6 Å². The van der Waals surface area contributed by atoms with Crippen LogP contribution in [0.5, 0.6) is 0 Å². The van der Waals surface area contributed by atoms with E-state index in [-0.39, 0.29) is 11.9 Å². The van der Waals surface area contributed by atoms with Crippen LogP contribution in [0.4, 0.5) is 4.39 Å². The normalized spacial score (nSPS) is 15.0. The van der Waals surface area contributed by atoms with Crippen LogP contribution in [0.2, 0.25) is 0 Å². The van der Waals surface area contributed by atoms with E-state index in [0.717, 1.165) is 67.0 Å². The van der Waals surface area contributed by atoms with E-state index in [1.165, 1.54) is 12.3 Å². The van der Waals surface area contributed by atoms with Crippen molar-refractivity contribution >= 4 is 10.0 Å². The molecule has 1 aliphatic heterocycles. The third kappa shape index (κ3) is 6.68. The molecule has 4 rings (SSSR count). The standard InChI is InChI=1S/C26H31FN4O2S/c1-34(32,33)31(24-11-14-28-15-12-24)19-21-7-2-8-22(17-21)25-13-16-29-26(30-25)10-4-6-20-5-3-9-23(27)18-20/h2-3,5,7-9,13,16-18,24,28H,4,6,10-12,14-15,19H2,1H3. The number of nitrogens with zero attached hydrogens (tertiary/aromatic N) is 3. The topological polar surface area (TPSA) is 75.2 Å². The van der Waals surface area contributed by atoms with Gasteiger partial charge in [-0.15, -0.1) is 0 Å². The molecule has 2 aromatic carbocycles. The first-order chi connectivity index (χ1) is 16.4. The summed E-state index contributed by atoms with van der Waals surface area (Å²) in [6.45, 7) is 2.02. The quantitative estimate of drug-likeness (QED) is 0.500. The highest BCUT2D eigenvalue weighted by atomic mass is 32.2. The number of hydrogen-bond acceptors (Lipinski definition) is 5. The minimum absolute atomic E-state index is 0.0173. The fourth-order valence-electron chi connectivity index (χ4n) is 4.44. The Morgan fingerprint density at radius 2 is 1.79 bits per heavy atom. The van der Waals surface area contributed by atoms with Crippen molar-refractivity contribution in [3.8, 4) is 11.3 Å². The molecule has 3 aromatic rings. The molecule has 0 aliphatic carbocycles. The summed E-state index contributed by atoms with van der Waals surface area (Å²) in [4.78, 5) is 9.12. The van der Waals surface area contributed by atoms with E-state index in [1.807, 2.05) is 36.4 Å². The van der Waals surface area contributed by atoms with Gasteiger partial charge in [-0.25, -0.2) is 22.8 Å². The van der Waals surface area contributed by atoms with Gasteiger partial charge in [0.05, 0.1) is 11.9 Å². The molecule has 1 N–H and O–H groups in total. The smallest absolute Gasteiger partial charge is 0.211 e. The van der Waals surface area contributed by atoms with Crippen LogP contribution >= 0.6 is 0 Å². The molecule has 180 valence electrons. The summed E-state index contributed by atoms with van der Waals surface area (Å²) in [7, 11) is -3.33. The highest BCUT2D eigenvalue weighted by Gasteiger charge is 2.28. The molecule has 0 radical (unpaired) electrons. The molecule has 0 amide bonds. The highest BCUT2D eigenvalue weighted by molar-refractivity contribution is 7.88. The Hall–Kier alpha value is -2.68. The van der Waals surface area contributed by atoms with Gasteiger partial charge < -0.3 is 5.32 Å². The van der Waals surface area contributed by atoms with Crippen molar-refractivity contribution in [1.29, 1.82) is 0 Å². The second-order valence-corrected chi connectivity index (χ2v) is 10.8. The molecule has 0 saturated carbocycles. The van der Waals surface area contributed by atoms with E-state index in [9.17, 15) is 12.8 Å². The molecule has 0 spiro atoms. The first kappa shape index (κ1) is 24.4. The maximum atomic E-state index is 13.4. The van der Waals surface area contributed by atoms with Crippen molar-refractivity contribution < 1.29 is 12.8 Å². The third-order valence-corrected chi connectivity index (χ3v) is 7.44. The minimum Gasteiger partial charge on any atom is -0.317 e. The summed E-state index contributed by atoms with van der Waals surface area (Å²) in [6.07, 6.45) is 6.96. The van der Waals surface area contributed by atoms with E-state index in [2.05, 4.69) is 10.3 Å². The molecular weight excluding hydrogens is 451 g/mol. The fraction of sp³-hybridized carbons (Fsp3) is 0.385. The number of rotatable bonds is 9. The Morgan fingerprint density at radius 3 is 2.56 bits per heavy atom. The van der Waals surface area contributed by atoms with Crippen molar-refractivity contribution in [3.05, 3.63) is 83.6 Å². The van der Waals surface area contributed by atoms with Crippen molar-refractivity contribution in [2.45, 2.75) is 44.7 Å². The van der Waals surface area contributed by atoms with Crippen LogP contribution in [0.15, 0.2) is 60.8 Å². The first-order valence-electron chi connectivity index (χ1n) is 11.7. The Balaban J connectivity index is 1.45. The molecule has 1 aromatic heterocycles. The lowest BCUT2D eigenvalue weighted by atomic mass is 10.0. The average Bonchev–Trinajstić information content (AvgIpc) is 2.83. The molecule has 0 bridgehead atoms. The van der Waals surface area contributed by atoms with Gasteiger partial charge in [0.2, 0.25) is 10.0 Å². The number of sulfonamides is 1. The van der Waals surface area contributed by atoms with Crippen molar-refractivity contribution in [3.63, 3.8) is 0 Å². The molecule has 1 aliphatic rings. The molecule has 1 fully saturated rings. The second kappa shape index (κ2) is 11.2. The van der Waals surface area contributed by atoms with Gasteiger partial charge in [0, 0.05) is 30.8 Å². The number of halogens is 1. The van der Waals surface area contributed by atoms with Crippen LogP contribution in [0.25, 0.3) is 11.3 Å². The van der Waals surface area contributed by atoms with Gasteiger partial charge >= 0.3 is 0 Å². The molecule has 0 unspecified atom stereocenters. The Kier molecular flexibility index (Phi) is 8.03. The summed E-state index contributed by atoms with van der Waals surface area (Å²) in [5, 5.41) is 3.29. The van der Waals surface area contributed by atoms with Gasteiger partial charge in [-0.2, -0.15) is 4.31 Å². The summed E-state index contributed by atoms with van der Waals surface area (Å²) in [5.74, 6) is 0.525. The van der Waals surface area contributed by atoms with Gasteiger partial charge in [0.15, 0.2) is 0 Å². The van der Waals surface area contributed by atoms with E-state index >= 15 is 0 Å². The zero-order valence-electron chi connectivity index (χ0n) is 19.5. The van der Waals surface area contributed by atoms with Crippen LogP contribution in [0.1, 0.15) is 36.2 Å². The maximum Gasteiger partial charge on any atom is 0.211 e. The fourth-order valence-corrected chi connectivity index (χ4v) is 5.58. The van der Waals surface area contributed by atoms with E-state index in [0.29, 0.717) is 13.0 Å². The number of nitrogens with one attached hydrogen (secondary N) is 1. The number of hydrogen-bond donors (Lipinski definition) is 1. The van der Waals surface area contributed by atoms with E-state index in [1.54, 1.807) is 22.6 Å². The molecule has 2 heterocycles. The first-order valence-corrected chi connectivity index (χ1v) is 13.6. The molecule has 34 heavy (non-hydrogen) atoms. The summed E-state index contributed by atoms with van der Waals surface area (Å²) >= 11 is 0. The predicted molar refractivity (Wildman–Crippen MR) is 132 cm³/mol. The lowest BCUT2D eigenvalue weighted by Gasteiger charge is -2.32. The van der Waals surface area contributed by atoms with Gasteiger partial charge in [0.25, 0.3) is 0 Å². The third-order valence-electron chi connectivity index (χ3n) is 6.16. The van der Waals surface area contributed by atoms with E-state index < -0.39 is 10.0 Å². The molecule has 0 atom stereocenters. The second-order valence-electron chi connectivity index (χ2n) is 8.83. The number of benzene rings is 2. The van der Waals surface area contributed by atoms with Gasteiger partial charge in [-0.05, 0) is 74.2 Å². The van der Waals surface area contributed by atoms with Crippen LogP contribution < -0.4 is 5.32 Å². The minimum atomic E-state index is -3.33. The Bertz CT molecular complexity index is 1210. The van der Waals surface area contributed by atoms with Gasteiger partial charge in [-0.1, -0.05) is 30.3 Å². The van der Waals surface area contributed by atoms with Crippen molar-refractivity contribution in [2.24, 2.45) is 0 Å². The van der Waals surface area contributed by atoms with Gasteiger partial charge in [0.1, 0.15) is 11.6 Å². The molecule has 1 saturated heterocycles. The zero-order chi connectivity index (χ0) is 24.0. The summed E-state index contributed by atoms with van der Waals surface area (Å²) in [6, 6.07) is 16.5. The monoisotopic (exact) mass is 482 g/mol. The molecule has 8 heteroatoms. The maximum absolute atomic E-state index is 13.4. The molecular formula is C26H31FN4O2S. The lowest BCUT2D eigenvalue weighted by molar-refractivity contribution is 0.258. The number of aromatic nitrogens is 2. The number of aryl methyl sites for hydroxylation is 2. The summed E-state index contributed by atoms with van der Waals surface area (Å²) in [5.41, 5.74) is 3.65. The van der Waals surface area contributed by atoms with E-state index in [4.69, 9.17) is 4.98 Å². The van der Waals surface area contributed by atoms with Crippen LogP contribution in [-0.4, -0.2) is 48.1 Å². The molecule has 6 nitrogen and oxygen atoms in total. The van der Waals surface area contributed by atoms with Crippen molar-refractivity contribution in [2.75, 3.05) is 19.3 Å². The highest BCUT2D eigenvalue weighted by Crippen LogP contribution is 2.23.